The highest BCUT2D eigenvalue weighted by molar-refractivity contribution is 5.94. The van der Waals surface area contributed by atoms with Crippen LogP contribution in [0.15, 0.2) is 18.2 Å². The molecule has 3 nitrogen and oxygen atoms in total. The molecule has 1 heterocycles. The van der Waals surface area contributed by atoms with Crippen molar-refractivity contribution in [3.63, 3.8) is 0 Å². The van der Waals surface area contributed by atoms with Crippen molar-refractivity contribution in [1.82, 2.24) is 10.2 Å². The molecule has 2 aliphatic rings. The third-order valence-corrected chi connectivity index (χ3v) is 4.66. The van der Waals surface area contributed by atoms with E-state index in [1.54, 1.807) is 0 Å². The van der Waals surface area contributed by atoms with E-state index in [2.05, 4.69) is 17.4 Å². The van der Waals surface area contributed by atoms with E-state index in [1.165, 1.54) is 30.4 Å². The Labute approximate surface area is 133 Å². The Hall–Kier alpha value is -1.06. The molecule has 1 atom stereocenters. The molecule has 4 heteroatoms. The maximum atomic E-state index is 12.6. The van der Waals surface area contributed by atoms with Crippen molar-refractivity contribution >= 4 is 18.3 Å². The van der Waals surface area contributed by atoms with Crippen LogP contribution >= 0.6 is 12.4 Å². The number of halogens is 1. The van der Waals surface area contributed by atoms with Crippen molar-refractivity contribution in [3.05, 3.63) is 34.9 Å². The molecular weight excluding hydrogens is 284 g/mol. The Bertz CT molecular complexity index is 504. The van der Waals surface area contributed by atoms with Crippen LogP contribution in [0.3, 0.4) is 0 Å². The van der Waals surface area contributed by atoms with Gasteiger partial charge in [-0.05, 0) is 74.9 Å². The number of nitrogens with one attached hydrogen (secondary N) is 1. The van der Waals surface area contributed by atoms with Gasteiger partial charge in [-0.25, -0.2) is 0 Å². The van der Waals surface area contributed by atoms with Gasteiger partial charge in [0.05, 0.1) is 0 Å². The van der Waals surface area contributed by atoms with E-state index in [-0.39, 0.29) is 18.3 Å². The fourth-order valence-electron chi connectivity index (χ4n) is 3.52. The van der Waals surface area contributed by atoms with Crippen molar-refractivity contribution in [3.8, 4) is 0 Å². The Balaban J connectivity index is 0.00000161. The second-order valence-electron chi connectivity index (χ2n) is 6.15. The third kappa shape index (κ3) is 3.58. The van der Waals surface area contributed by atoms with Gasteiger partial charge < -0.3 is 10.2 Å². The van der Waals surface area contributed by atoms with Crippen molar-refractivity contribution in [2.24, 2.45) is 5.92 Å². The zero-order valence-corrected chi connectivity index (χ0v) is 13.5. The topological polar surface area (TPSA) is 32.3 Å². The minimum absolute atomic E-state index is 0. The van der Waals surface area contributed by atoms with Gasteiger partial charge in [0.2, 0.25) is 0 Å². The molecule has 0 spiro atoms. The second-order valence-corrected chi connectivity index (χ2v) is 6.15. The first-order valence-corrected chi connectivity index (χ1v) is 7.83. The molecule has 0 radical (unpaired) electrons. The predicted octanol–water partition coefficient (Wildman–Crippen LogP) is 2.67. The maximum absolute atomic E-state index is 12.6. The van der Waals surface area contributed by atoms with Crippen LogP contribution in [-0.4, -0.2) is 37.5 Å². The zero-order chi connectivity index (χ0) is 13.9. The molecule has 1 aromatic rings. The highest BCUT2D eigenvalue weighted by Gasteiger charge is 2.26. The molecule has 1 aromatic carbocycles. The molecule has 1 fully saturated rings. The van der Waals surface area contributed by atoms with Crippen LogP contribution < -0.4 is 5.32 Å². The maximum Gasteiger partial charge on any atom is 0.253 e. The Morgan fingerprint density at radius 2 is 2.05 bits per heavy atom. The first-order valence-electron chi connectivity index (χ1n) is 7.83. The quantitative estimate of drug-likeness (QED) is 0.931. The lowest BCUT2D eigenvalue weighted by atomic mass is 9.90. The average Bonchev–Trinajstić information content (AvgIpc) is 2.95. The van der Waals surface area contributed by atoms with Gasteiger partial charge in [0.15, 0.2) is 0 Å². The lowest BCUT2D eigenvalue weighted by molar-refractivity contribution is 0.0787. The summed E-state index contributed by atoms with van der Waals surface area (Å²) in [4.78, 5) is 14.6. The van der Waals surface area contributed by atoms with Crippen LogP contribution in [0.4, 0.5) is 0 Å². The average molecular weight is 309 g/mol. The number of benzene rings is 1. The molecular formula is C17H25ClN2O. The molecule has 1 aliphatic carbocycles. The number of hydrogen-bond donors (Lipinski definition) is 1. The summed E-state index contributed by atoms with van der Waals surface area (Å²) < 4.78 is 0. The summed E-state index contributed by atoms with van der Waals surface area (Å²) in [5, 5.41) is 3.21. The number of carbonyl (C=O) groups is 1. The SMILES string of the molecule is CNCC1CCN(C(=O)c2ccc3c(c2)CCCC3)C1.Cl. The van der Waals surface area contributed by atoms with E-state index in [0.29, 0.717) is 5.92 Å². The summed E-state index contributed by atoms with van der Waals surface area (Å²) in [6.07, 6.45) is 5.99. The number of rotatable bonds is 3. The predicted molar refractivity (Wildman–Crippen MR) is 88.3 cm³/mol. The number of aryl methyl sites for hydroxylation is 2. The van der Waals surface area contributed by atoms with Crippen LogP contribution in [0.2, 0.25) is 0 Å². The van der Waals surface area contributed by atoms with Gasteiger partial charge in [-0.15, -0.1) is 12.4 Å². The number of nitrogens with zero attached hydrogens (tertiary/aromatic N) is 1. The summed E-state index contributed by atoms with van der Waals surface area (Å²) in [5.74, 6) is 0.832. The van der Waals surface area contributed by atoms with E-state index in [0.717, 1.165) is 38.0 Å². The van der Waals surface area contributed by atoms with Crippen molar-refractivity contribution in [2.45, 2.75) is 32.1 Å². The standard InChI is InChI=1S/C17H24N2O.ClH/c1-18-11-13-8-9-19(12-13)17(20)16-7-6-14-4-2-3-5-15(14)10-16;/h6-7,10,13,18H,2-5,8-9,11-12H2,1H3;1H. The molecule has 3 rings (SSSR count). The normalized spacial score (nSPS) is 20.8. The van der Waals surface area contributed by atoms with Crippen LogP contribution in [0.5, 0.6) is 0 Å². The number of likely N-dealkylation sites (tertiary alicyclic amines) is 1. The lowest BCUT2D eigenvalue weighted by Crippen LogP contribution is -2.30. The van der Waals surface area contributed by atoms with Gasteiger partial charge >= 0.3 is 0 Å². The van der Waals surface area contributed by atoms with Crippen LogP contribution in [0.1, 0.15) is 40.7 Å². The Morgan fingerprint density at radius 1 is 1.29 bits per heavy atom. The summed E-state index contributed by atoms with van der Waals surface area (Å²) in [5.41, 5.74) is 3.73. The first kappa shape index (κ1) is 16.3. The Morgan fingerprint density at radius 3 is 2.81 bits per heavy atom. The molecule has 0 aromatic heterocycles. The van der Waals surface area contributed by atoms with Crippen LogP contribution in [0.25, 0.3) is 0 Å². The molecule has 1 amide bonds. The van der Waals surface area contributed by atoms with Gasteiger partial charge in [0, 0.05) is 18.7 Å². The minimum atomic E-state index is 0. The van der Waals surface area contributed by atoms with Crippen molar-refractivity contribution < 1.29 is 4.79 Å². The summed E-state index contributed by atoms with van der Waals surface area (Å²) in [6, 6.07) is 6.34. The van der Waals surface area contributed by atoms with E-state index in [9.17, 15) is 4.79 Å². The zero-order valence-electron chi connectivity index (χ0n) is 12.7. The fourth-order valence-corrected chi connectivity index (χ4v) is 3.52. The van der Waals surface area contributed by atoms with Gasteiger partial charge in [0.25, 0.3) is 5.91 Å². The van der Waals surface area contributed by atoms with E-state index < -0.39 is 0 Å². The highest BCUT2D eigenvalue weighted by Crippen LogP contribution is 2.24. The molecule has 0 saturated carbocycles. The first-order chi connectivity index (χ1) is 9.78. The molecule has 1 saturated heterocycles. The van der Waals surface area contributed by atoms with Crippen molar-refractivity contribution in [1.29, 1.82) is 0 Å². The largest absolute Gasteiger partial charge is 0.338 e. The van der Waals surface area contributed by atoms with E-state index in [1.807, 2.05) is 18.0 Å². The summed E-state index contributed by atoms with van der Waals surface area (Å²) in [6.45, 7) is 2.81. The monoisotopic (exact) mass is 308 g/mol. The van der Waals surface area contributed by atoms with Gasteiger partial charge in [-0.1, -0.05) is 6.07 Å². The van der Waals surface area contributed by atoms with Gasteiger partial charge in [0.1, 0.15) is 0 Å². The second kappa shape index (κ2) is 7.28. The Kier molecular flexibility index (Phi) is 5.65. The minimum Gasteiger partial charge on any atom is -0.338 e. The number of amides is 1. The lowest BCUT2D eigenvalue weighted by Gasteiger charge is -2.20. The van der Waals surface area contributed by atoms with E-state index in [4.69, 9.17) is 0 Å². The summed E-state index contributed by atoms with van der Waals surface area (Å²) in [7, 11) is 1.98. The molecule has 116 valence electrons. The number of hydrogen-bond acceptors (Lipinski definition) is 2. The van der Waals surface area contributed by atoms with E-state index >= 15 is 0 Å². The number of fused-ring (bicyclic) bond motifs is 1. The smallest absolute Gasteiger partial charge is 0.253 e. The highest BCUT2D eigenvalue weighted by atomic mass is 35.5. The fraction of sp³-hybridized carbons (Fsp3) is 0.588. The van der Waals surface area contributed by atoms with Gasteiger partial charge in [-0.2, -0.15) is 0 Å². The van der Waals surface area contributed by atoms with Gasteiger partial charge in [-0.3, -0.25) is 4.79 Å². The van der Waals surface area contributed by atoms with Crippen molar-refractivity contribution in [2.75, 3.05) is 26.7 Å². The molecule has 1 aliphatic heterocycles. The van der Waals surface area contributed by atoms with Crippen LogP contribution in [0, 0.1) is 5.92 Å². The third-order valence-electron chi connectivity index (χ3n) is 4.66. The molecule has 1 N–H and O–H groups in total. The molecule has 1 unspecified atom stereocenters. The van der Waals surface area contributed by atoms with Crippen LogP contribution in [-0.2, 0) is 12.8 Å². The molecule has 0 bridgehead atoms. The summed E-state index contributed by atoms with van der Waals surface area (Å²) >= 11 is 0. The molecule has 21 heavy (non-hydrogen) atoms. The number of carbonyl (C=O) groups excluding carboxylic acids is 1.